The SMILES string of the molecule is CCc1noc([C@H](C)N2CCN(c3cccc(F)c3C#N)CC2)n1. The van der Waals surface area contributed by atoms with Crippen molar-refractivity contribution in [2.75, 3.05) is 31.1 Å². The smallest absolute Gasteiger partial charge is 0.243 e. The maximum absolute atomic E-state index is 13.8. The normalized spacial score (nSPS) is 16.8. The molecule has 1 saturated heterocycles. The highest BCUT2D eigenvalue weighted by Gasteiger charge is 2.27. The van der Waals surface area contributed by atoms with Crippen molar-refractivity contribution in [3.8, 4) is 6.07 Å². The summed E-state index contributed by atoms with van der Waals surface area (Å²) in [5, 5.41) is 13.1. The van der Waals surface area contributed by atoms with Crippen molar-refractivity contribution >= 4 is 5.69 Å². The van der Waals surface area contributed by atoms with Crippen LogP contribution in [0.15, 0.2) is 22.7 Å². The summed E-state index contributed by atoms with van der Waals surface area (Å²) in [5.41, 5.74) is 0.777. The Labute approximate surface area is 140 Å². The van der Waals surface area contributed by atoms with Crippen LogP contribution in [0.4, 0.5) is 10.1 Å². The Balaban J connectivity index is 1.68. The van der Waals surface area contributed by atoms with E-state index in [4.69, 9.17) is 4.52 Å². The predicted molar refractivity (Wildman–Crippen MR) is 87.0 cm³/mol. The van der Waals surface area contributed by atoms with E-state index in [0.717, 1.165) is 32.6 Å². The first-order valence-corrected chi connectivity index (χ1v) is 8.14. The molecule has 0 amide bonds. The van der Waals surface area contributed by atoms with E-state index in [1.54, 1.807) is 12.1 Å². The van der Waals surface area contributed by atoms with Gasteiger partial charge >= 0.3 is 0 Å². The number of aryl methyl sites for hydroxylation is 1. The molecule has 3 rings (SSSR count). The van der Waals surface area contributed by atoms with E-state index in [9.17, 15) is 9.65 Å². The molecular formula is C17H20FN5O. The number of nitrogens with zero attached hydrogens (tertiary/aromatic N) is 5. The number of anilines is 1. The molecule has 126 valence electrons. The van der Waals surface area contributed by atoms with Gasteiger partial charge in [0.2, 0.25) is 5.89 Å². The monoisotopic (exact) mass is 329 g/mol. The van der Waals surface area contributed by atoms with Crippen molar-refractivity contribution in [3.05, 3.63) is 41.3 Å². The van der Waals surface area contributed by atoms with E-state index in [1.165, 1.54) is 6.07 Å². The maximum Gasteiger partial charge on any atom is 0.243 e. The fourth-order valence-electron chi connectivity index (χ4n) is 2.97. The average molecular weight is 329 g/mol. The molecule has 2 aromatic rings. The maximum atomic E-state index is 13.8. The Hall–Kier alpha value is -2.46. The number of aromatic nitrogens is 2. The van der Waals surface area contributed by atoms with Crippen LogP contribution < -0.4 is 4.90 Å². The quantitative estimate of drug-likeness (QED) is 0.858. The summed E-state index contributed by atoms with van der Waals surface area (Å²) in [6, 6.07) is 6.77. The van der Waals surface area contributed by atoms with Crippen molar-refractivity contribution in [1.82, 2.24) is 15.0 Å². The number of rotatable bonds is 4. The van der Waals surface area contributed by atoms with Gasteiger partial charge in [-0.05, 0) is 19.1 Å². The van der Waals surface area contributed by atoms with Gasteiger partial charge in [-0.15, -0.1) is 0 Å². The summed E-state index contributed by atoms with van der Waals surface area (Å²) in [4.78, 5) is 8.70. The molecule has 0 spiro atoms. The molecule has 0 saturated carbocycles. The lowest BCUT2D eigenvalue weighted by Crippen LogP contribution is -2.47. The van der Waals surface area contributed by atoms with Gasteiger partial charge in [0.05, 0.1) is 11.7 Å². The first-order valence-electron chi connectivity index (χ1n) is 8.14. The van der Waals surface area contributed by atoms with Crippen LogP contribution >= 0.6 is 0 Å². The first kappa shape index (κ1) is 16.4. The Kier molecular flexibility index (Phi) is 4.76. The van der Waals surface area contributed by atoms with Gasteiger partial charge < -0.3 is 9.42 Å². The van der Waals surface area contributed by atoms with Gasteiger partial charge in [0, 0.05) is 32.6 Å². The lowest BCUT2D eigenvalue weighted by atomic mass is 10.1. The van der Waals surface area contributed by atoms with Gasteiger partial charge in [-0.3, -0.25) is 4.90 Å². The summed E-state index contributed by atoms with van der Waals surface area (Å²) >= 11 is 0. The van der Waals surface area contributed by atoms with E-state index in [1.807, 2.05) is 19.9 Å². The molecule has 1 aromatic carbocycles. The van der Waals surface area contributed by atoms with Crippen LogP contribution in [0.1, 0.15) is 37.2 Å². The summed E-state index contributed by atoms with van der Waals surface area (Å²) in [7, 11) is 0. The molecule has 0 bridgehead atoms. The zero-order chi connectivity index (χ0) is 17.1. The number of halogens is 1. The molecule has 0 aliphatic carbocycles. The second-order valence-corrected chi connectivity index (χ2v) is 5.85. The van der Waals surface area contributed by atoms with Gasteiger partial charge in [0.15, 0.2) is 5.82 Å². The Morgan fingerprint density at radius 1 is 1.33 bits per heavy atom. The molecule has 7 heteroatoms. The van der Waals surface area contributed by atoms with Gasteiger partial charge in [-0.25, -0.2) is 4.39 Å². The summed E-state index contributed by atoms with van der Waals surface area (Å²) < 4.78 is 19.1. The number of benzene rings is 1. The van der Waals surface area contributed by atoms with Gasteiger partial charge in [0.25, 0.3) is 0 Å². The van der Waals surface area contributed by atoms with Crippen LogP contribution in [-0.4, -0.2) is 41.2 Å². The van der Waals surface area contributed by atoms with Crippen LogP contribution in [0.3, 0.4) is 0 Å². The fourth-order valence-corrected chi connectivity index (χ4v) is 2.97. The van der Waals surface area contributed by atoms with E-state index in [0.29, 0.717) is 17.4 Å². The lowest BCUT2D eigenvalue weighted by molar-refractivity contribution is 0.164. The van der Waals surface area contributed by atoms with Crippen molar-refractivity contribution in [2.45, 2.75) is 26.3 Å². The molecule has 0 N–H and O–H groups in total. The van der Waals surface area contributed by atoms with Crippen LogP contribution in [0, 0.1) is 17.1 Å². The minimum Gasteiger partial charge on any atom is -0.368 e. The molecule has 2 heterocycles. The molecule has 0 unspecified atom stereocenters. The number of hydrogen-bond donors (Lipinski definition) is 0. The first-order chi connectivity index (χ1) is 11.6. The standard InChI is InChI=1S/C17H20FN5O/c1-3-16-20-17(24-21-16)12(2)22-7-9-23(10-8-22)15-6-4-5-14(18)13(15)11-19/h4-6,12H,3,7-10H2,1-2H3/t12-/m0/s1. The zero-order valence-corrected chi connectivity index (χ0v) is 13.9. The van der Waals surface area contributed by atoms with Crippen molar-refractivity contribution in [3.63, 3.8) is 0 Å². The third-order valence-electron chi connectivity index (χ3n) is 4.46. The van der Waals surface area contributed by atoms with Gasteiger partial charge in [-0.1, -0.05) is 18.1 Å². The topological polar surface area (TPSA) is 69.2 Å². The van der Waals surface area contributed by atoms with E-state index < -0.39 is 5.82 Å². The molecule has 1 aliphatic rings. The van der Waals surface area contributed by atoms with Crippen molar-refractivity contribution in [1.29, 1.82) is 5.26 Å². The highest BCUT2D eigenvalue weighted by Crippen LogP contribution is 2.26. The Morgan fingerprint density at radius 2 is 2.08 bits per heavy atom. The molecule has 1 aliphatic heterocycles. The molecule has 0 radical (unpaired) electrons. The largest absolute Gasteiger partial charge is 0.368 e. The van der Waals surface area contributed by atoms with Crippen molar-refractivity contribution in [2.24, 2.45) is 0 Å². The summed E-state index contributed by atoms with van der Waals surface area (Å²) in [6.07, 6.45) is 0.751. The second-order valence-electron chi connectivity index (χ2n) is 5.85. The Morgan fingerprint density at radius 3 is 2.71 bits per heavy atom. The lowest BCUT2D eigenvalue weighted by Gasteiger charge is -2.38. The zero-order valence-electron chi connectivity index (χ0n) is 13.9. The summed E-state index contributed by atoms with van der Waals surface area (Å²) in [6.45, 7) is 7.04. The van der Waals surface area contributed by atoms with E-state index >= 15 is 0 Å². The highest BCUT2D eigenvalue weighted by atomic mass is 19.1. The molecular weight excluding hydrogens is 309 g/mol. The molecule has 6 nitrogen and oxygen atoms in total. The van der Waals surface area contributed by atoms with E-state index in [-0.39, 0.29) is 11.6 Å². The number of hydrogen-bond acceptors (Lipinski definition) is 6. The van der Waals surface area contributed by atoms with Crippen LogP contribution in [0.25, 0.3) is 0 Å². The number of nitriles is 1. The van der Waals surface area contributed by atoms with Crippen LogP contribution in [-0.2, 0) is 6.42 Å². The van der Waals surface area contributed by atoms with Gasteiger partial charge in [-0.2, -0.15) is 10.2 Å². The minimum absolute atomic E-state index is 0.0443. The second kappa shape index (κ2) is 6.97. The molecule has 1 fully saturated rings. The van der Waals surface area contributed by atoms with Crippen molar-refractivity contribution < 1.29 is 8.91 Å². The highest BCUT2D eigenvalue weighted by molar-refractivity contribution is 5.60. The molecule has 24 heavy (non-hydrogen) atoms. The van der Waals surface area contributed by atoms with Gasteiger partial charge in [0.1, 0.15) is 17.4 Å². The van der Waals surface area contributed by atoms with E-state index in [2.05, 4.69) is 19.9 Å². The Bertz CT molecular complexity index is 746. The summed E-state index contributed by atoms with van der Waals surface area (Å²) in [5.74, 6) is 0.876. The minimum atomic E-state index is -0.469. The predicted octanol–water partition coefficient (Wildman–Crippen LogP) is 2.53. The average Bonchev–Trinajstić information content (AvgIpc) is 3.10. The third kappa shape index (κ3) is 3.10. The third-order valence-corrected chi connectivity index (χ3v) is 4.46. The fraction of sp³-hybridized carbons (Fsp3) is 0.471. The van der Waals surface area contributed by atoms with Crippen LogP contribution in [0.5, 0.6) is 0 Å². The molecule has 1 aromatic heterocycles. The molecule has 1 atom stereocenters. The number of piperazine rings is 1. The van der Waals surface area contributed by atoms with Crippen LogP contribution in [0.2, 0.25) is 0 Å².